The van der Waals surface area contributed by atoms with Crippen LogP contribution in [0.15, 0.2) is 59.8 Å². The van der Waals surface area contributed by atoms with Crippen LogP contribution in [0.4, 0.5) is 13.2 Å². The smallest absolute Gasteiger partial charge is 0.425 e. The molecule has 40 heavy (non-hydrogen) atoms. The number of rotatable bonds is 9. The maximum Gasteiger partial charge on any atom is 0.425 e. The van der Waals surface area contributed by atoms with Crippen LogP contribution in [0.2, 0.25) is 0 Å². The molecule has 0 spiro atoms. The molecule has 10 heteroatoms. The monoisotopic (exact) mass is 558 g/mol. The van der Waals surface area contributed by atoms with Gasteiger partial charge in [0.1, 0.15) is 11.5 Å². The van der Waals surface area contributed by atoms with E-state index < -0.39 is 40.3 Å². The highest BCUT2D eigenvalue weighted by atomic mass is 19.4. The first-order valence-corrected chi connectivity index (χ1v) is 13.0. The summed E-state index contributed by atoms with van der Waals surface area (Å²) in [6, 6.07) is 13.8. The van der Waals surface area contributed by atoms with Gasteiger partial charge in [-0.3, -0.25) is 14.4 Å². The van der Waals surface area contributed by atoms with Gasteiger partial charge < -0.3 is 19.7 Å². The average Bonchev–Trinajstić information content (AvgIpc) is 3.13. The molecule has 7 nitrogen and oxygen atoms in total. The molecule has 0 bridgehead atoms. The number of nitrogens with zero attached hydrogens (tertiary/aromatic N) is 1. The molecule has 0 aromatic heterocycles. The zero-order chi connectivity index (χ0) is 29.3. The fourth-order valence-electron chi connectivity index (χ4n) is 5.42. The lowest BCUT2D eigenvalue weighted by molar-refractivity contribution is -0.194. The van der Waals surface area contributed by atoms with Crippen molar-refractivity contribution in [1.82, 2.24) is 10.2 Å². The van der Waals surface area contributed by atoms with Gasteiger partial charge in [0, 0.05) is 25.1 Å². The Kier molecular flexibility index (Phi) is 8.01. The minimum absolute atomic E-state index is 0.0348. The van der Waals surface area contributed by atoms with E-state index in [1.807, 2.05) is 5.32 Å². The van der Waals surface area contributed by atoms with Gasteiger partial charge in [0.15, 0.2) is 5.78 Å². The number of nitrogens with one attached hydrogen (secondary N) is 1. The number of halogens is 3. The standard InChI is InChI=1S/C30H33F3N2O5/c1-28(2)17-23-26(24(36)18-28)29(30(31,32)33,34-25(37)14-9-19-5-10-21(39-3)11-6-19)27(38)35(23)16-15-20-7-12-22(40-4)13-8-20/h5-8,10-13H,9,14-18H2,1-4H3,(H,34,37)/t29-/m0/s1. The quantitative estimate of drug-likeness (QED) is 0.479. The summed E-state index contributed by atoms with van der Waals surface area (Å²) in [7, 11) is 3.03. The molecule has 1 N–H and O–H groups in total. The second-order valence-electron chi connectivity index (χ2n) is 11.0. The van der Waals surface area contributed by atoms with E-state index in [1.54, 1.807) is 62.4 Å². The molecule has 0 unspecified atom stereocenters. The highest BCUT2D eigenvalue weighted by Crippen LogP contribution is 2.51. The van der Waals surface area contributed by atoms with E-state index in [9.17, 15) is 27.6 Å². The summed E-state index contributed by atoms with van der Waals surface area (Å²) in [4.78, 5) is 41.1. The second-order valence-corrected chi connectivity index (χ2v) is 11.0. The minimum atomic E-state index is -5.23. The van der Waals surface area contributed by atoms with E-state index in [0.29, 0.717) is 17.1 Å². The number of carbonyl (C=O) groups is 3. The van der Waals surface area contributed by atoms with Crippen LogP contribution in [-0.2, 0) is 27.2 Å². The third kappa shape index (κ3) is 5.57. The molecular formula is C30H33F3N2O5. The molecule has 0 radical (unpaired) electrons. The Bertz CT molecular complexity index is 1320. The van der Waals surface area contributed by atoms with Gasteiger partial charge in [-0.25, -0.2) is 0 Å². The van der Waals surface area contributed by atoms with Gasteiger partial charge in [0.2, 0.25) is 11.4 Å². The first-order chi connectivity index (χ1) is 18.8. The van der Waals surface area contributed by atoms with Gasteiger partial charge in [-0.15, -0.1) is 0 Å². The Hall–Kier alpha value is -3.82. The third-order valence-electron chi connectivity index (χ3n) is 7.45. The van der Waals surface area contributed by atoms with Crippen LogP contribution in [0.25, 0.3) is 0 Å². The molecule has 0 saturated carbocycles. The van der Waals surface area contributed by atoms with Gasteiger partial charge in [0.05, 0.1) is 19.8 Å². The van der Waals surface area contributed by atoms with E-state index in [0.717, 1.165) is 10.5 Å². The Balaban J connectivity index is 1.65. The molecule has 1 heterocycles. The number of ether oxygens (including phenoxy) is 2. The maximum absolute atomic E-state index is 15.0. The Labute approximate surface area is 231 Å². The fraction of sp³-hybridized carbons (Fsp3) is 0.433. The second kappa shape index (κ2) is 11.0. The third-order valence-corrected chi connectivity index (χ3v) is 7.45. The first-order valence-electron chi connectivity index (χ1n) is 13.0. The summed E-state index contributed by atoms with van der Waals surface area (Å²) >= 11 is 0. The van der Waals surface area contributed by atoms with Crippen LogP contribution >= 0.6 is 0 Å². The van der Waals surface area contributed by atoms with Gasteiger partial charge >= 0.3 is 6.18 Å². The van der Waals surface area contributed by atoms with Crippen molar-refractivity contribution in [2.75, 3.05) is 20.8 Å². The summed E-state index contributed by atoms with van der Waals surface area (Å²) in [5, 5.41) is 2.00. The Morgan fingerprint density at radius 1 is 0.900 bits per heavy atom. The van der Waals surface area contributed by atoms with Gasteiger partial charge in [-0.1, -0.05) is 38.1 Å². The molecule has 4 rings (SSSR count). The topological polar surface area (TPSA) is 84.9 Å². The van der Waals surface area contributed by atoms with Crippen molar-refractivity contribution in [3.63, 3.8) is 0 Å². The number of hydrogen-bond acceptors (Lipinski definition) is 5. The number of hydrogen-bond donors (Lipinski definition) is 1. The molecule has 1 aliphatic heterocycles. The van der Waals surface area contributed by atoms with Crippen molar-refractivity contribution in [3.8, 4) is 11.5 Å². The highest BCUT2D eigenvalue weighted by molar-refractivity contribution is 6.13. The van der Waals surface area contributed by atoms with Crippen molar-refractivity contribution >= 4 is 17.6 Å². The number of alkyl halides is 3. The SMILES string of the molecule is COc1ccc(CCC(=O)N[C@]2(C(F)(F)F)C(=O)N(CCc3ccc(OC)cc3)C3=C2C(=O)CC(C)(C)C3)cc1. The normalized spacial score (nSPS) is 20.4. The van der Waals surface area contributed by atoms with Gasteiger partial charge in [-0.2, -0.15) is 13.2 Å². The number of benzene rings is 2. The lowest BCUT2D eigenvalue weighted by Gasteiger charge is -2.35. The maximum atomic E-state index is 15.0. The average molecular weight is 559 g/mol. The summed E-state index contributed by atoms with van der Waals surface area (Å²) in [6.07, 6.45) is -5.20. The summed E-state index contributed by atoms with van der Waals surface area (Å²) in [5.74, 6) is -1.86. The lowest BCUT2D eigenvalue weighted by Crippen LogP contribution is -2.66. The van der Waals surface area contributed by atoms with E-state index in [4.69, 9.17) is 9.47 Å². The number of amides is 2. The fourth-order valence-corrected chi connectivity index (χ4v) is 5.42. The number of ketones is 1. The van der Waals surface area contributed by atoms with Gasteiger partial charge in [0.25, 0.3) is 5.91 Å². The number of allylic oxidation sites excluding steroid dienone is 1. The van der Waals surface area contributed by atoms with E-state index in [-0.39, 0.29) is 44.3 Å². The summed E-state index contributed by atoms with van der Waals surface area (Å²) in [6.45, 7) is 3.48. The van der Waals surface area contributed by atoms with E-state index >= 15 is 0 Å². The van der Waals surface area contributed by atoms with Crippen LogP contribution in [0.5, 0.6) is 11.5 Å². The first kappa shape index (κ1) is 29.2. The number of carbonyl (C=O) groups excluding carboxylic acids is 3. The van der Waals surface area contributed by atoms with E-state index in [1.165, 1.54) is 14.2 Å². The molecular weight excluding hydrogens is 525 g/mol. The summed E-state index contributed by atoms with van der Waals surface area (Å²) in [5.41, 5.74) is -3.19. The molecule has 214 valence electrons. The predicted octanol–water partition coefficient (Wildman–Crippen LogP) is 4.78. The molecule has 2 aromatic carbocycles. The molecule has 0 saturated heterocycles. The van der Waals surface area contributed by atoms with Crippen LogP contribution < -0.4 is 14.8 Å². The van der Waals surface area contributed by atoms with Gasteiger partial charge in [-0.05, 0) is 60.1 Å². The van der Waals surface area contributed by atoms with Crippen molar-refractivity contribution in [2.24, 2.45) is 5.41 Å². The molecule has 1 aliphatic carbocycles. The Morgan fingerprint density at radius 2 is 1.43 bits per heavy atom. The van der Waals surface area contributed by atoms with Crippen LogP contribution in [0.3, 0.4) is 0 Å². The zero-order valence-corrected chi connectivity index (χ0v) is 23.0. The van der Waals surface area contributed by atoms with Crippen molar-refractivity contribution in [1.29, 1.82) is 0 Å². The largest absolute Gasteiger partial charge is 0.497 e. The molecule has 1 atom stereocenters. The molecule has 0 fully saturated rings. The lowest BCUT2D eigenvalue weighted by atomic mass is 9.72. The minimum Gasteiger partial charge on any atom is -0.497 e. The number of aryl methyl sites for hydroxylation is 1. The summed E-state index contributed by atoms with van der Waals surface area (Å²) < 4.78 is 55.1. The van der Waals surface area contributed by atoms with Crippen LogP contribution in [0, 0.1) is 5.41 Å². The van der Waals surface area contributed by atoms with Crippen molar-refractivity contribution < 1.29 is 37.0 Å². The molecule has 2 aromatic rings. The van der Waals surface area contributed by atoms with Crippen LogP contribution in [0.1, 0.15) is 44.2 Å². The molecule has 2 amide bonds. The Morgan fingerprint density at radius 3 is 1.93 bits per heavy atom. The number of Topliss-reactive ketones (excluding diaryl/α,β-unsaturated/α-hetero) is 1. The molecule has 2 aliphatic rings. The zero-order valence-electron chi connectivity index (χ0n) is 23.0. The van der Waals surface area contributed by atoms with Crippen molar-refractivity contribution in [2.45, 2.75) is 57.7 Å². The number of methoxy groups -OCH3 is 2. The highest BCUT2D eigenvalue weighted by Gasteiger charge is 2.71. The van der Waals surface area contributed by atoms with Crippen molar-refractivity contribution in [3.05, 3.63) is 70.9 Å². The van der Waals surface area contributed by atoms with E-state index in [2.05, 4.69) is 0 Å². The predicted molar refractivity (Wildman–Crippen MR) is 142 cm³/mol. The van der Waals surface area contributed by atoms with Crippen LogP contribution in [-0.4, -0.2) is 55.0 Å².